The molecule has 0 aliphatic rings. The van der Waals surface area contributed by atoms with Gasteiger partial charge in [0.15, 0.2) is 5.82 Å². The molecule has 2 aromatic carbocycles. The molecule has 0 aliphatic heterocycles. The molecule has 0 spiro atoms. The summed E-state index contributed by atoms with van der Waals surface area (Å²) in [6.45, 7) is 0. The van der Waals surface area contributed by atoms with Gasteiger partial charge in [0.2, 0.25) is 0 Å². The largest absolute Gasteiger partial charge is 0.382 e. The van der Waals surface area contributed by atoms with Gasteiger partial charge in [0.05, 0.1) is 11.3 Å². The number of H-pyrrole nitrogens is 1. The van der Waals surface area contributed by atoms with Crippen molar-refractivity contribution in [1.29, 1.82) is 0 Å². The topological polar surface area (TPSA) is 54.7 Å². The summed E-state index contributed by atoms with van der Waals surface area (Å²) in [7, 11) is 0. The van der Waals surface area contributed by atoms with E-state index >= 15 is 0 Å². The molecule has 1 heterocycles. The van der Waals surface area contributed by atoms with E-state index in [2.05, 4.69) is 26.1 Å². The summed E-state index contributed by atoms with van der Waals surface area (Å²) in [5, 5.41) is 7.50. The molecule has 3 rings (SSSR count). The predicted octanol–water partition coefficient (Wildman–Crippen LogP) is 4.88. The molecule has 3 nitrogen and oxygen atoms in total. The van der Waals surface area contributed by atoms with Crippen molar-refractivity contribution in [1.82, 2.24) is 10.2 Å². The molecule has 0 saturated heterocycles. The van der Waals surface area contributed by atoms with Crippen molar-refractivity contribution < 1.29 is 4.39 Å². The van der Waals surface area contributed by atoms with Crippen molar-refractivity contribution in [3.63, 3.8) is 0 Å². The van der Waals surface area contributed by atoms with Gasteiger partial charge in [0.1, 0.15) is 5.82 Å². The number of hydrogen-bond donors (Lipinski definition) is 2. The number of rotatable bonds is 2. The first-order valence-electron chi connectivity index (χ1n) is 6.11. The van der Waals surface area contributed by atoms with Crippen LogP contribution in [-0.2, 0) is 0 Å². The molecule has 3 aromatic rings. The Hall–Kier alpha value is -1.85. The zero-order chi connectivity index (χ0) is 15.0. The van der Waals surface area contributed by atoms with Crippen LogP contribution in [0, 0.1) is 5.82 Å². The van der Waals surface area contributed by atoms with Gasteiger partial charge in [-0.25, -0.2) is 4.39 Å². The highest BCUT2D eigenvalue weighted by Crippen LogP contribution is 2.36. The maximum absolute atomic E-state index is 13.5. The van der Waals surface area contributed by atoms with Crippen molar-refractivity contribution in [3.8, 4) is 22.4 Å². The number of nitrogens with zero attached hydrogens (tertiary/aromatic N) is 1. The number of benzene rings is 2. The van der Waals surface area contributed by atoms with Crippen LogP contribution >= 0.6 is 27.5 Å². The van der Waals surface area contributed by atoms with E-state index in [1.807, 2.05) is 6.07 Å². The second-order valence-corrected chi connectivity index (χ2v) is 5.88. The average Bonchev–Trinajstić information content (AvgIpc) is 2.79. The second-order valence-electron chi connectivity index (χ2n) is 4.53. The van der Waals surface area contributed by atoms with E-state index in [1.165, 1.54) is 12.1 Å². The Bertz CT molecular complexity index is 796. The number of hydrogen-bond acceptors (Lipinski definition) is 2. The molecular weight excluding hydrogens is 357 g/mol. The summed E-state index contributed by atoms with van der Waals surface area (Å²) in [6.07, 6.45) is 0. The summed E-state index contributed by atoms with van der Waals surface area (Å²) in [6, 6.07) is 11.7. The average molecular weight is 367 g/mol. The van der Waals surface area contributed by atoms with E-state index in [4.69, 9.17) is 17.3 Å². The van der Waals surface area contributed by atoms with Crippen LogP contribution in [0.15, 0.2) is 46.9 Å². The molecule has 0 saturated carbocycles. The maximum Gasteiger partial charge on any atom is 0.153 e. The van der Waals surface area contributed by atoms with Crippen molar-refractivity contribution in [2.45, 2.75) is 0 Å². The van der Waals surface area contributed by atoms with E-state index in [1.54, 1.807) is 24.3 Å². The van der Waals surface area contributed by atoms with Gasteiger partial charge in [-0.3, -0.25) is 5.10 Å². The molecule has 0 bridgehead atoms. The fourth-order valence-electron chi connectivity index (χ4n) is 2.20. The highest BCUT2D eigenvalue weighted by atomic mass is 79.9. The van der Waals surface area contributed by atoms with Crippen LogP contribution in [0.4, 0.5) is 10.2 Å². The SMILES string of the molecule is Nc1n[nH]c(-c2cc(Cl)cc(Br)c2)c1-c1cccc(F)c1. The lowest BCUT2D eigenvalue weighted by Gasteiger charge is -2.06. The number of aromatic amines is 1. The summed E-state index contributed by atoms with van der Waals surface area (Å²) in [5.41, 5.74) is 8.76. The predicted molar refractivity (Wildman–Crippen MR) is 86.5 cm³/mol. The summed E-state index contributed by atoms with van der Waals surface area (Å²) in [5.74, 6) is -0.0157. The van der Waals surface area contributed by atoms with Gasteiger partial charge in [0.25, 0.3) is 0 Å². The molecule has 3 N–H and O–H groups in total. The van der Waals surface area contributed by atoms with Crippen LogP contribution in [0.5, 0.6) is 0 Å². The quantitative estimate of drug-likeness (QED) is 0.679. The van der Waals surface area contributed by atoms with Gasteiger partial charge in [-0.2, -0.15) is 5.10 Å². The van der Waals surface area contributed by atoms with Crippen molar-refractivity contribution >= 4 is 33.3 Å². The lowest BCUT2D eigenvalue weighted by atomic mass is 10.0. The zero-order valence-electron chi connectivity index (χ0n) is 10.7. The number of aromatic nitrogens is 2. The molecule has 1 aromatic heterocycles. The minimum absolute atomic E-state index is 0.312. The summed E-state index contributed by atoms with van der Waals surface area (Å²) in [4.78, 5) is 0. The Kier molecular flexibility index (Phi) is 3.69. The molecular formula is C15H10BrClFN3. The lowest BCUT2D eigenvalue weighted by molar-refractivity contribution is 0.628. The number of nitrogen functional groups attached to an aromatic ring is 1. The van der Waals surface area contributed by atoms with E-state index in [-0.39, 0.29) is 5.82 Å². The molecule has 0 amide bonds. The molecule has 0 fully saturated rings. The molecule has 0 aliphatic carbocycles. The van der Waals surface area contributed by atoms with Gasteiger partial charge in [0, 0.05) is 15.1 Å². The number of anilines is 1. The number of halogens is 3. The zero-order valence-corrected chi connectivity index (χ0v) is 13.0. The molecule has 21 heavy (non-hydrogen) atoms. The first-order valence-corrected chi connectivity index (χ1v) is 7.28. The van der Waals surface area contributed by atoms with Gasteiger partial charge < -0.3 is 5.73 Å². The van der Waals surface area contributed by atoms with E-state index in [0.29, 0.717) is 27.7 Å². The Morgan fingerprint density at radius 2 is 1.95 bits per heavy atom. The molecule has 106 valence electrons. The fraction of sp³-hybridized carbons (Fsp3) is 0. The van der Waals surface area contributed by atoms with Crippen LogP contribution < -0.4 is 5.73 Å². The van der Waals surface area contributed by atoms with Crippen LogP contribution in [-0.4, -0.2) is 10.2 Å². The third-order valence-corrected chi connectivity index (χ3v) is 3.73. The van der Waals surface area contributed by atoms with Crippen LogP contribution in [0.1, 0.15) is 0 Å². The van der Waals surface area contributed by atoms with Crippen molar-refractivity contribution in [2.24, 2.45) is 0 Å². The Balaban J connectivity index is 2.21. The van der Waals surface area contributed by atoms with Gasteiger partial charge in [-0.05, 0) is 35.9 Å². The van der Waals surface area contributed by atoms with Crippen molar-refractivity contribution in [2.75, 3.05) is 5.73 Å². The number of nitrogens with two attached hydrogens (primary N) is 1. The summed E-state index contributed by atoms with van der Waals surface area (Å²) < 4.78 is 14.3. The highest BCUT2D eigenvalue weighted by Gasteiger charge is 2.16. The molecule has 6 heteroatoms. The first-order chi connectivity index (χ1) is 10.0. The molecule has 0 unspecified atom stereocenters. The highest BCUT2D eigenvalue weighted by molar-refractivity contribution is 9.10. The second kappa shape index (κ2) is 5.50. The minimum atomic E-state index is -0.327. The fourth-order valence-corrected chi connectivity index (χ4v) is 3.06. The monoisotopic (exact) mass is 365 g/mol. The smallest absolute Gasteiger partial charge is 0.153 e. The Morgan fingerprint density at radius 3 is 2.67 bits per heavy atom. The van der Waals surface area contributed by atoms with E-state index in [9.17, 15) is 4.39 Å². The minimum Gasteiger partial charge on any atom is -0.382 e. The Morgan fingerprint density at radius 1 is 1.14 bits per heavy atom. The van der Waals surface area contributed by atoms with Gasteiger partial charge in [-0.15, -0.1) is 0 Å². The van der Waals surface area contributed by atoms with Crippen LogP contribution in [0.25, 0.3) is 22.4 Å². The first kappa shape index (κ1) is 14.1. The third-order valence-electron chi connectivity index (χ3n) is 3.06. The van der Waals surface area contributed by atoms with E-state index in [0.717, 1.165) is 10.0 Å². The Labute approximate surface area is 134 Å². The summed E-state index contributed by atoms with van der Waals surface area (Å²) >= 11 is 9.47. The lowest BCUT2D eigenvalue weighted by Crippen LogP contribution is -1.89. The normalized spacial score (nSPS) is 10.8. The van der Waals surface area contributed by atoms with Crippen LogP contribution in [0.3, 0.4) is 0 Å². The third kappa shape index (κ3) is 2.80. The standard InChI is InChI=1S/C15H10BrClFN3/c16-10-4-9(5-11(17)7-10)14-13(15(19)21-20-14)8-2-1-3-12(18)6-8/h1-7H,(H3,19,20,21). The molecule has 0 radical (unpaired) electrons. The molecule has 0 atom stereocenters. The van der Waals surface area contributed by atoms with Crippen molar-refractivity contribution in [3.05, 3.63) is 57.8 Å². The van der Waals surface area contributed by atoms with Gasteiger partial charge in [-0.1, -0.05) is 39.7 Å². The van der Waals surface area contributed by atoms with Crippen LogP contribution in [0.2, 0.25) is 5.02 Å². The van der Waals surface area contributed by atoms with Gasteiger partial charge >= 0.3 is 0 Å². The maximum atomic E-state index is 13.5. The van der Waals surface area contributed by atoms with E-state index < -0.39 is 0 Å². The number of nitrogens with one attached hydrogen (secondary N) is 1.